The molecule has 7 heteroatoms. The number of thiazole rings is 1. The Hall–Kier alpha value is -1.92. The Morgan fingerprint density at radius 1 is 1.42 bits per heavy atom. The van der Waals surface area contributed by atoms with Gasteiger partial charge in [0.25, 0.3) is 0 Å². The molecule has 1 N–H and O–H groups in total. The molecule has 1 aromatic carbocycles. The van der Waals surface area contributed by atoms with Crippen molar-refractivity contribution in [3.63, 3.8) is 0 Å². The summed E-state index contributed by atoms with van der Waals surface area (Å²) < 4.78 is 1.51. The van der Waals surface area contributed by atoms with Crippen molar-refractivity contribution >= 4 is 39.7 Å². The summed E-state index contributed by atoms with van der Waals surface area (Å²) in [5.41, 5.74) is 2.02. The van der Waals surface area contributed by atoms with Gasteiger partial charge in [-0.1, -0.05) is 11.6 Å². The lowest BCUT2D eigenvalue weighted by Crippen LogP contribution is -2.22. The lowest BCUT2D eigenvalue weighted by Gasteiger charge is -2.10. The van der Waals surface area contributed by atoms with E-state index >= 15 is 0 Å². The van der Waals surface area contributed by atoms with Crippen LogP contribution >= 0.6 is 22.9 Å². The van der Waals surface area contributed by atoms with Gasteiger partial charge in [0, 0.05) is 17.5 Å². The Morgan fingerprint density at radius 3 is 2.95 bits per heavy atom. The summed E-state index contributed by atoms with van der Waals surface area (Å²) in [7, 11) is 1.73. The number of benzene rings is 1. The van der Waals surface area contributed by atoms with Crippen LogP contribution in [0, 0.1) is 0 Å². The van der Waals surface area contributed by atoms with Gasteiger partial charge < -0.3 is 5.32 Å². The number of halogens is 1. The average Bonchev–Trinajstić information content (AvgIpc) is 2.91. The smallest absolute Gasteiger partial charge is 0.355 e. The Balaban J connectivity index is 2.48. The zero-order chi connectivity index (χ0) is 13.4. The van der Waals surface area contributed by atoms with Crippen LogP contribution in [0.1, 0.15) is 0 Å². The van der Waals surface area contributed by atoms with Gasteiger partial charge in [-0.2, -0.15) is 4.98 Å². The Morgan fingerprint density at radius 2 is 2.26 bits per heavy atom. The van der Waals surface area contributed by atoms with Gasteiger partial charge in [-0.3, -0.25) is 4.98 Å². The summed E-state index contributed by atoms with van der Waals surface area (Å²) in [5.74, 6) is 0.539. The number of hydrogen-bond acceptors (Lipinski definition) is 5. The first kappa shape index (κ1) is 12.1. The van der Waals surface area contributed by atoms with Crippen molar-refractivity contribution in [3.05, 3.63) is 45.4 Å². The average molecular weight is 293 g/mol. The fourth-order valence-electron chi connectivity index (χ4n) is 1.92. The molecule has 96 valence electrons. The second-order valence-corrected chi connectivity index (χ2v) is 5.13. The van der Waals surface area contributed by atoms with E-state index in [0.29, 0.717) is 21.4 Å². The number of anilines is 1. The topological polar surface area (TPSA) is 59.8 Å². The highest BCUT2D eigenvalue weighted by Crippen LogP contribution is 2.25. The SMILES string of the molecule is CNc1nc(=O)n(-c2cncs2)c2cc(Cl)ccc12. The minimum absolute atomic E-state index is 0.358. The van der Waals surface area contributed by atoms with Crippen LogP contribution in [0.25, 0.3) is 15.9 Å². The number of hydrogen-bond donors (Lipinski definition) is 1. The highest BCUT2D eigenvalue weighted by molar-refractivity contribution is 7.12. The van der Waals surface area contributed by atoms with E-state index in [1.165, 1.54) is 15.9 Å². The molecule has 3 rings (SSSR count). The highest BCUT2D eigenvalue weighted by atomic mass is 35.5. The van der Waals surface area contributed by atoms with E-state index in [2.05, 4.69) is 15.3 Å². The van der Waals surface area contributed by atoms with E-state index in [9.17, 15) is 4.79 Å². The fourth-order valence-corrected chi connectivity index (χ4v) is 2.72. The normalized spacial score (nSPS) is 10.8. The van der Waals surface area contributed by atoms with Crippen LogP contribution < -0.4 is 11.0 Å². The monoisotopic (exact) mass is 292 g/mol. The second-order valence-electron chi connectivity index (χ2n) is 3.83. The maximum atomic E-state index is 12.2. The zero-order valence-corrected chi connectivity index (χ0v) is 11.5. The largest absolute Gasteiger partial charge is 0.372 e. The third-order valence-electron chi connectivity index (χ3n) is 2.73. The second kappa shape index (κ2) is 4.64. The van der Waals surface area contributed by atoms with E-state index in [1.807, 2.05) is 6.07 Å². The van der Waals surface area contributed by atoms with Crippen LogP contribution in [-0.2, 0) is 0 Å². The number of aromatic nitrogens is 3. The van der Waals surface area contributed by atoms with Crippen molar-refractivity contribution in [2.24, 2.45) is 0 Å². The van der Waals surface area contributed by atoms with Gasteiger partial charge in [-0.15, -0.1) is 11.3 Å². The summed E-state index contributed by atoms with van der Waals surface area (Å²) in [6.07, 6.45) is 1.63. The first-order chi connectivity index (χ1) is 9.20. The minimum atomic E-state index is -0.358. The van der Waals surface area contributed by atoms with Gasteiger partial charge in [0.15, 0.2) is 0 Å². The van der Waals surface area contributed by atoms with Gasteiger partial charge in [-0.25, -0.2) is 9.36 Å². The van der Waals surface area contributed by atoms with Gasteiger partial charge >= 0.3 is 5.69 Å². The van der Waals surface area contributed by atoms with E-state index in [4.69, 9.17) is 11.6 Å². The van der Waals surface area contributed by atoms with Gasteiger partial charge in [-0.05, 0) is 18.2 Å². The standard InChI is InChI=1S/C12H9ClN4OS/c1-14-11-8-3-2-7(13)4-9(8)17(12(18)16-11)10-5-15-6-19-10/h2-6H,1H3,(H,14,16,18). The van der Waals surface area contributed by atoms with Crippen molar-refractivity contribution in [1.29, 1.82) is 0 Å². The van der Waals surface area contributed by atoms with Gasteiger partial charge in [0.2, 0.25) is 0 Å². The number of fused-ring (bicyclic) bond motifs is 1. The summed E-state index contributed by atoms with van der Waals surface area (Å²) in [4.78, 5) is 20.2. The van der Waals surface area contributed by atoms with Gasteiger partial charge in [0.05, 0.1) is 17.2 Å². The maximum absolute atomic E-state index is 12.2. The van der Waals surface area contributed by atoms with E-state index in [-0.39, 0.29) is 5.69 Å². The molecule has 0 aliphatic rings. The van der Waals surface area contributed by atoms with E-state index in [0.717, 1.165) is 5.39 Å². The molecule has 19 heavy (non-hydrogen) atoms. The molecule has 5 nitrogen and oxygen atoms in total. The van der Waals surface area contributed by atoms with Crippen molar-refractivity contribution < 1.29 is 0 Å². The molecule has 0 fully saturated rings. The summed E-state index contributed by atoms with van der Waals surface area (Å²) in [5, 5.41) is 5.04. The molecule has 0 aliphatic carbocycles. The molecule has 0 bridgehead atoms. The van der Waals surface area contributed by atoms with Crippen LogP contribution in [0.2, 0.25) is 5.02 Å². The van der Waals surface area contributed by atoms with Crippen LogP contribution in [0.5, 0.6) is 0 Å². The molecule has 0 atom stereocenters. The third kappa shape index (κ3) is 1.98. The van der Waals surface area contributed by atoms with Crippen molar-refractivity contribution in [2.75, 3.05) is 12.4 Å². The molecule has 0 saturated heterocycles. The predicted octanol–water partition coefficient (Wildman–Crippen LogP) is 2.54. The number of rotatable bonds is 2. The summed E-state index contributed by atoms with van der Waals surface area (Å²) >= 11 is 7.40. The first-order valence-corrected chi connectivity index (χ1v) is 6.75. The molecule has 0 saturated carbocycles. The fraction of sp³-hybridized carbons (Fsp3) is 0.0833. The molecule has 3 aromatic rings. The van der Waals surface area contributed by atoms with Crippen LogP contribution in [0.15, 0.2) is 34.7 Å². The number of nitrogens with zero attached hydrogens (tertiary/aromatic N) is 3. The predicted molar refractivity (Wildman–Crippen MR) is 77.6 cm³/mol. The summed E-state index contributed by atoms with van der Waals surface area (Å²) in [6.45, 7) is 0. The van der Waals surface area contributed by atoms with Crippen molar-refractivity contribution in [2.45, 2.75) is 0 Å². The number of nitrogens with one attached hydrogen (secondary N) is 1. The third-order valence-corrected chi connectivity index (χ3v) is 3.72. The van der Waals surface area contributed by atoms with E-state index < -0.39 is 0 Å². The minimum Gasteiger partial charge on any atom is -0.372 e. The highest BCUT2D eigenvalue weighted by Gasteiger charge is 2.12. The summed E-state index contributed by atoms with van der Waals surface area (Å²) in [6, 6.07) is 5.36. The first-order valence-electron chi connectivity index (χ1n) is 5.49. The van der Waals surface area contributed by atoms with Crippen molar-refractivity contribution in [3.8, 4) is 5.00 Å². The molecule has 0 aliphatic heterocycles. The van der Waals surface area contributed by atoms with Crippen LogP contribution in [0.4, 0.5) is 5.82 Å². The molecule has 2 heterocycles. The molecular formula is C12H9ClN4OS. The van der Waals surface area contributed by atoms with E-state index in [1.54, 1.807) is 30.9 Å². The Bertz CT molecular complexity index is 797. The molecule has 0 amide bonds. The zero-order valence-electron chi connectivity index (χ0n) is 9.92. The Labute approximate surface area is 117 Å². The molecule has 0 unspecified atom stereocenters. The molecular weight excluding hydrogens is 284 g/mol. The molecule has 0 radical (unpaired) electrons. The quantitative estimate of drug-likeness (QED) is 0.788. The maximum Gasteiger partial charge on any atom is 0.355 e. The van der Waals surface area contributed by atoms with Crippen LogP contribution in [-0.4, -0.2) is 21.6 Å². The lowest BCUT2D eigenvalue weighted by molar-refractivity contribution is 0.974. The van der Waals surface area contributed by atoms with Crippen LogP contribution in [0.3, 0.4) is 0 Å². The Kier molecular flexibility index (Phi) is 2.96. The lowest BCUT2D eigenvalue weighted by atomic mass is 10.2. The molecule has 0 spiro atoms. The van der Waals surface area contributed by atoms with Gasteiger partial charge in [0.1, 0.15) is 10.8 Å². The molecule has 2 aromatic heterocycles. The van der Waals surface area contributed by atoms with Crippen molar-refractivity contribution in [1.82, 2.24) is 14.5 Å².